The third kappa shape index (κ3) is 5.78. The van der Waals surface area contributed by atoms with Crippen molar-refractivity contribution in [3.63, 3.8) is 0 Å². The van der Waals surface area contributed by atoms with Crippen LogP contribution in [0.5, 0.6) is 0 Å². The molecule has 0 amide bonds. The van der Waals surface area contributed by atoms with Crippen LogP contribution in [0.25, 0.3) is 0 Å². The largest absolute Gasteiger partial charge is 0.394 e. The molecule has 3 heterocycles. The van der Waals surface area contributed by atoms with Crippen molar-refractivity contribution in [2.24, 2.45) is 0 Å². The SMILES string of the molecule is COC1OC(CO)[C@H](OC2OC(CO)[C@H](O[C@@H]3OC(CO)[C@H](O)[C@H](O)C3O)[C@H](O)C2O)[C@H](O)C1O. The number of rotatable bonds is 8. The molecule has 0 aromatic rings. The van der Waals surface area contributed by atoms with E-state index in [4.69, 9.17) is 28.4 Å². The highest BCUT2D eigenvalue weighted by Crippen LogP contribution is 2.32. The third-order valence-corrected chi connectivity index (χ3v) is 6.30. The summed E-state index contributed by atoms with van der Waals surface area (Å²) in [5.41, 5.74) is 0. The number of ether oxygens (including phenoxy) is 6. The monoisotopic (exact) mass is 518 g/mol. The first kappa shape index (κ1) is 28.9. The Morgan fingerprint density at radius 3 is 1.29 bits per heavy atom. The van der Waals surface area contributed by atoms with Gasteiger partial charge >= 0.3 is 0 Å². The Hall–Kier alpha value is -0.640. The van der Waals surface area contributed by atoms with Gasteiger partial charge in [-0.3, -0.25) is 0 Å². The van der Waals surface area contributed by atoms with E-state index in [1.165, 1.54) is 7.11 Å². The fraction of sp³-hybridized carbons (Fsp3) is 1.00. The Labute approximate surface area is 199 Å². The maximum Gasteiger partial charge on any atom is 0.187 e. The van der Waals surface area contributed by atoms with E-state index in [2.05, 4.69) is 0 Å². The van der Waals surface area contributed by atoms with Gasteiger partial charge in [0, 0.05) is 7.11 Å². The Balaban J connectivity index is 1.72. The Bertz CT molecular complexity index is 650. The zero-order valence-corrected chi connectivity index (χ0v) is 18.7. The molecule has 0 spiro atoms. The molecule has 35 heavy (non-hydrogen) atoms. The standard InChI is InChI=1S/C19H34O16/c1-30-17-13(28)10(25)15(6(3-21)32-17)35-19-14(29)11(26)16(7(4-22)33-19)34-18-12(27)9(24)8(23)5(2-20)31-18/h5-29H,2-4H2,1H3/t5?,6?,7?,8-,9-,10+,11+,12?,13?,14?,15-,16-,17?,18-,19?/m0/s1. The summed E-state index contributed by atoms with van der Waals surface area (Å²) < 4.78 is 31.9. The summed E-state index contributed by atoms with van der Waals surface area (Å²) >= 11 is 0. The van der Waals surface area contributed by atoms with Gasteiger partial charge in [0.15, 0.2) is 18.9 Å². The van der Waals surface area contributed by atoms with E-state index in [-0.39, 0.29) is 0 Å². The third-order valence-electron chi connectivity index (χ3n) is 6.30. The van der Waals surface area contributed by atoms with Crippen molar-refractivity contribution in [3.8, 4) is 0 Å². The molecule has 3 rings (SSSR count). The number of aliphatic hydroxyl groups excluding tert-OH is 10. The lowest BCUT2D eigenvalue weighted by Gasteiger charge is -2.48. The summed E-state index contributed by atoms with van der Waals surface area (Å²) in [5.74, 6) is 0. The van der Waals surface area contributed by atoms with Crippen LogP contribution < -0.4 is 0 Å². The van der Waals surface area contributed by atoms with Crippen LogP contribution >= 0.6 is 0 Å². The highest BCUT2D eigenvalue weighted by Gasteiger charge is 2.53. The van der Waals surface area contributed by atoms with Gasteiger partial charge in [0.05, 0.1) is 19.8 Å². The maximum absolute atomic E-state index is 10.7. The minimum atomic E-state index is -1.88. The zero-order valence-electron chi connectivity index (χ0n) is 18.7. The van der Waals surface area contributed by atoms with Crippen LogP contribution in [0, 0.1) is 0 Å². The molecule has 15 atom stereocenters. The van der Waals surface area contributed by atoms with Crippen LogP contribution in [0.1, 0.15) is 0 Å². The zero-order chi connectivity index (χ0) is 26.0. The van der Waals surface area contributed by atoms with Crippen LogP contribution in [-0.4, -0.2) is 170 Å². The molecule has 8 unspecified atom stereocenters. The van der Waals surface area contributed by atoms with Gasteiger partial charge in [0.2, 0.25) is 0 Å². The highest BCUT2D eigenvalue weighted by molar-refractivity contribution is 4.96. The Kier molecular flexibility index (Phi) is 10.1. The van der Waals surface area contributed by atoms with Gasteiger partial charge in [0.25, 0.3) is 0 Å². The molecular formula is C19H34O16. The van der Waals surface area contributed by atoms with E-state index in [1.807, 2.05) is 0 Å². The highest BCUT2D eigenvalue weighted by atomic mass is 16.8. The minimum Gasteiger partial charge on any atom is -0.394 e. The maximum atomic E-state index is 10.7. The summed E-state index contributed by atoms with van der Waals surface area (Å²) in [4.78, 5) is 0. The van der Waals surface area contributed by atoms with Crippen molar-refractivity contribution in [1.82, 2.24) is 0 Å². The van der Waals surface area contributed by atoms with Gasteiger partial charge in [-0.25, -0.2) is 0 Å². The van der Waals surface area contributed by atoms with Gasteiger partial charge < -0.3 is 79.5 Å². The number of hydrogen-bond donors (Lipinski definition) is 10. The molecule has 0 aliphatic carbocycles. The molecule has 10 N–H and O–H groups in total. The van der Waals surface area contributed by atoms with E-state index < -0.39 is 112 Å². The van der Waals surface area contributed by atoms with Crippen molar-refractivity contribution in [2.75, 3.05) is 26.9 Å². The molecule has 0 aromatic heterocycles. The molecule has 3 saturated heterocycles. The summed E-state index contributed by atoms with van der Waals surface area (Å²) in [5, 5.41) is 100. The van der Waals surface area contributed by atoms with Crippen molar-refractivity contribution in [2.45, 2.75) is 92.1 Å². The smallest absolute Gasteiger partial charge is 0.187 e. The van der Waals surface area contributed by atoms with E-state index in [9.17, 15) is 51.1 Å². The van der Waals surface area contributed by atoms with Crippen molar-refractivity contribution in [1.29, 1.82) is 0 Å². The quantitative estimate of drug-likeness (QED) is 0.143. The number of hydrogen-bond acceptors (Lipinski definition) is 16. The van der Waals surface area contributed by atoms with Crippen molar-refractivity contribution >= 4 is 0 Å². The molecule has 3 aliphatic heterocycles. The second kappa shape index (κ2) is 12.3. The Morgan fingerprint density at radius 2 is 0.857 bits per heavy atom. The van der Waals surface area contributed by atoms with Crippen LogP contribution in [0.3, 0.4) is 0 Å². The fourth-order valence-electron chi connectivity index (χ4n) is 4.24. The molecule has 206 valence electrons. The van der Waals surface area contributed by atoms with Crippen molar-refractivity contribution in [3.05, 3.63) is 0 Å². The van der Waals surface area contributed by atoms with Gasteiger partial charge in [0.1, 0.15) is 73.2 Å². The van der Waals surface area contributed by atoms with Crippen LogP contribution in [0.4, 0.5) is 0 Å². The minimum absolute atomic E-state index is 0.675. The lowest BCUT2D eigenvalue weighted by Crippen LogP contribution is -2.66. The first-order valence-electron chi connectivity index (χ1n) is 11.0. The molecule has 3 aliphatic rings. The van der Waals surface area contributed by atoms with Crippen molar-refractivity contribution < 1.29 is 79.5 Å². The van der Waals surface area contributed by atoms with E-state index in [1.54, 1.807) is 0 Å². The molecule has 0 saturated carbocycles. The van der Waals surface area contributed by atoms with Crippen LogP contribution in [0.15, 0.2) is 0 Å². The average Bonchev–Trinajstić information content (AvgIpc) is 2.86. The fourth-order valence-corrected chi connectivity index (χ4v) is 4.24. The van der Waals surface area contributed by atoms with Crippen LogP contribution in [-0.2, 0) is 28.4 Å². The summed E-state index contributed by atoms with van der Waals surface area (Å²) in [6, 6.07) is 0. The van der Waals surface area contributed by atoms with Gasteiger partial charge in [-0.15, -0.1) is 0 Å². The Morgan fingerprint density at radius 1 is 0.486 bits per heavy atom. The first-order chi connectivity index (χ1) is 16.6. The lowest BCUT2D eigenvalue weighted by molar-refractivity contribution is -0.378. The second-order valence-electron chi connectivity index (χ2n) is 8.55. The van der Waals surface area contributed by atoms with Gasteiger partial charge in [-0.2, -0.15) is 0 Å². The number of aliphatic hydroxyl groups is 10. The van der Waals surface area contributed by atoms with E-state index in [0.717, 1.165) is 0 Å². The average molecular weight is 518 g/mol. The summed E-state index contributed by atoms with van der Waals surface area (Å²) in [7, 11) is 1.21. The van der Waals surface area contributed by atoms with Gasteiger partial charge in [-0.1, -0.05) is 0 Å². The summed E-state index contributed by atoms with van der Waals surface area (Å²) in [6.45, 7) is -2.21. The van der Waals surface area contributed by atoms with Gasteiger partial charge in [-0.05, 0) is 0 Å². The molecule has 0 aromatic carbocycles. The normalized spacial score (nSPS) is 51.3. The molecule has 0 radical (unpaired) electrons. The van der Waals surface area contributed by atoms with Crippen LogP contribution in [0.2, 0.25) is 0 Å². The number of methoxy groups -OCH3 is 1. The lowest BCUT2D eigenvalue weighted by atomic mass is 9.96. The topological polar surface area (TPSA) is 258 Å². The molecule has 3 fully saturated rings. The molecule has 0 bridgehead atoms. The van der Waals surface area contributed by atoms with E-state index in [0.29, 0.717) is 0 Å². The molecular weight excluding hydrogens is 484 g/mol. The predicted octanol–water partition coefficient (Wildman–Crippen LogP) is -6.92. The molecule has 16 nitrogen and oxygen atoms in total. The molecule has 16 heteroatoms. The van der Waals surface area contributed by atoms with E-state index >= 15 is 0 Å². The first-order valence-corrected chi connectivity index (χ1v) is 11.0. The predicted molar refractivity (Wildman–Crippen MR) is 106 cm³/mol. The summed E-state index contributed by atoms with van der Waals surface area (Å²) in [6.07, 6.45) is -23.8. The second-order valence-corrected chi connectivity index (χ2v) is 8.55.